The summed E-state index contributed by atoms with van der Waals surface area (Å²) < 4.78 is 3.60. The highest BCUT2D eigenvalue weighted by atomic mass is 31.2. The lowest BCUT2D eigenvalue weighted by atomic mass is 9.93. The molecule has 0 bridgehead atoms. The van der Waals surface area contributed by atoms with E-state index in [0.29, 0.717) is 0 Å². The molecule has 0 aliphatic carbocycles. The number of rotatable bonds is 10. The van der Waals surface area contributed by atoms with E-state index in [0.717, 1.165) is 0 Å². The van der Waals surface area contributed by atoms with Crippen LogP contribution in [0.3, 0.4) is 0 Å². The molecule has 12 N–H and O–H groups in total. The quantitative estimate of drug-likeness (QED) is 0.149. The first-order chi connectivity index (χ1) is 11.6. The minimum absolute atomic E-state index is 0.406. The molecule has 0 spiro atoms. The van der Waals surface area contributed by atoms with E-state index >= 15 is 0 Å². The van der Waals surface area contributed by atoms with Gasteiger partial charge in [0.1, 0.15) is 0 Å². The fourth-order valence-corrected chi connectivity index (χ4v) is 1.19. The van der Waals surface area contributed by atoms with Crippen LogP contribution >= 0.6 is 17.2 Å². The Labute approximate surface area is 146 Å². The van der Waals surface area contributed by atoms with Crippen molar-refractivity contribution in [1.82, 2.24) is 0 Å². The van der Waals surface area contributed by atoms with E-state index in [1.807, 2.05) is 0 Å². The van der Waals surface area contributed by atoms with Gasteiger partial charge in [0.05, 0.1) is 63.7 Å². The fourth-order valence-electron chi connectivity index (χ4n) is 0.665. The first kappa shape index (κ1) is 30.1. The van der Waals surface area contributed by atoms with Gasteiger partial charge in [0, 0.05) is 0 Å². The molecule has 0 aliphatic rings. The molecule has 0 radical (unpaired) electrons. The predicted molar refractivity (Wildman–Crippen MR) is 85.4 cm³/mol. The summed E-state index contributed by atoms with van der Waals surface area (Å²) in [5, 5.41) is 68.0. The Morgan fingerprint density at radius 3 is 0.600 bits per heavy atom. The topological polar surface area (TPSA) is 252 Å². The molecule has 0 aromatic heterocycles. The summed E-state index contributed by atoms with van der Waals surface area (Å²) in [4.78, 5) is 31.3. The minimum atomic E-state index is -2.61. The molecule has 0 fully saturated rings. The Bertz CT molecular complexity index is 213. The summed E-state index contributed by atoms with van der Waals surface area (Å²) in [5.74, 6) is 0. The van der Waals surface area contributed by atoms with E-state index in [2.05, 4.69) is 4.31 Å². The van der Waals surface area contributed by atoms with Crippen molar-refractivity contribution in [1.29, 1.82) is 0 Å². The molecule has 15 heteroatoms. The summed E-state index contributed by atoms with van der Waals surface area (Å²) in [6.07, 6.45) is 0. The van der Waals surface area contributed by atoms with Gasteiger partial charge in [-0.3, -0.25) is 0 Å². The third-order valence-electron chi connectivity index (χ3n) is 2.83. The molecular weight excluding hydrogens is 390 g/mol. The molecule has 25 heavy (non-hydrogen) atoms. The van der Waals surface area contributed by atoms with Gasteiger partial charge < -0.3 is 60.4 Å². The molecule has 0 aromatic rings. The highest BCUT2D eigenvalue weighted by molar-refractivity contribution is 7.53. The summed E-state index contributed by atoms with van der Waals surface area (Å²) in [6.45, 7) is -3.25. The number of aliphatic hydroxyl groups excluding tert-OH is 8. The molecule has 156 valence electrons. The highest BCUT2D eigenvalue weighted by Crippen LogP contribution is 2.41. The van der Waals surface area contributed by atoms with Crippen LogP contribution in [0.1, 0.15) is 0 Å². The van der Waals surface area contributed by atoms with E-state index in [9.17, 15) is 0 Å². The maximum absolute atomic E-state index is 8.50. The van der Waals surface area contributed by atoms with Gasteiger partial charge in [0.25, 0.3) is 0 Å². The monoisotopic (exact) mass is 418 g/mol. The zero-order valence-electron chi connectivity index (χ0n) is 13.3. The van der Waals surface area contributed by atoms with Crippen LogP contribution in [-0.4, -0.2) is 113 Å². The van der Waals surface area contributed by atoms with Crippen LogP contribution in [0.4, 0.5) is 0 Å². The van der Waals surface area contributed by atoms with Gasteiger partial charge in [-0.1, -0.05) is 0 Å². The Kier molecular flexibility index (Phi) is 21.3. The van der Waals surface area contributed by atoms with Crippen LogP contribution in [0, 0.1) is 10.8 Å². The van der Waals surface area contributed by atoms with Gasteiger partial charge in [-0.25, -0.2) is 4.31 Å². The third-order valence-corrected chi connectivity index (χ3v) is 4.00. The van der Waals surface area contributed by atoms with Gasteiger partial charge >= 0.3 is 17.2 Å². The Morgan fingerprint density at radius 1 is 0.440 bits per heavy atom. The van der Waals surface area contributed by atoms with Crippen LogP contribution in [0.15, 0.2) is 0 Å². The molecule has 0 saturated heterocycles. The summed E-state index contributed by atoms with van der Waals surface area (Å²) in [5.41, 5.74) is -2.22. The van der Waals surface area contributed by atoms with Crippen molar-refractivity contribution in [3.05, 3.63) is 0 Å². The zero-order valence-corrected chi connectivity index (χ0v) is 15.1. The number of hydrogen-bond acceptors (Lipinski definition) is 13. The molecule has 0 unspecified atom stereocenters. The van der Waals surface area contributed by atoms with E-state index in [-0.39, 0.29) is 0 Å². The second-order valence-electron chi connectivity index (χ2n) is 4.85. The van der Waals surface area contributed by atoms with Crippen molar-refractivity contribution >= 4 is 17.2 Å². The minimum Gasteiger partial charge on any atom is -0.396 e. The molecule has 0 saturated carbocycles. The van der Waals surface area contributed by atoms with Crippen LogP contribution < -0.4 is 0 Å². The summed E-state index contributed by atoms with van der Waals surface area (Å²) in [7, 11) is -5.22. The van der Waals surface area contributed by atoms with Gasteiger partial charge in [0.15, 0.2) is 0 Å². The zero-order chi connectivity index (χ0) is 20.5. The van der Waals surface area contributed by atoms with Crippen LogP contribution in [0.5, 0.6) is 0 Å². The largest absolute Gasteiger partial charge is 0.396 e. The van der Waals surface area contributed by atoms with E-state index < -0.39 is 80.9 Å². The Hall–Kier alpha value is 0.340. The molecule has 0 rings (SSSR count). The molecule has 0 amide bonds. The predicted octanol–water partition coefficient (Wildman–Crippen LogP) is -4.69. The number of aliphatic hydroxyl groups is 8. The van der Waals surface area contributed by atoms with Crippen LogP contribution in [0.2, 0.25) is 0 Å². The molecule has 0 aromatic carbocycles. The van der Waals surface area contributed by atoms with Gasteiger partial charge in [-0.05, 0) is 0 Å². The van der Waals surface area contributed by atoms with E-state index in [4.69, 9.17) is 60.4 Å². The van der Waals surface area contributed by atoms with Crippen molar-refractivity contribution in [3.63, 3.8) is 0 Å². The fraction of sp³-hybridized carbons (Fsp3) is 1.00. The normalized spacial score (nSPS) is 11.8. The van der Waals surface area contributed by atoms with Crippen LogP contribution in [-0.2, 0) is 4.31 Å². The summed E-state index contributed by atoms with van der Waals surface area (Å²) in [6, 6.07) is 0. The molecule has 0 atom stereocenters. The van der Waals surface area contributed by atoms with Crippen LogP contribution in [0.25, 0.3) is 0 Å². The number of hydrogen-bond donors (Lipinski definition) is 12. The molecule has 13 nitrogen and oxygen atoms in total. The van der Waals surface area contributed by atoms with Gasteiger partial charge in [-0.2, -0.15) is 0 Å². The lowest BCUT2D eigenvalue weighted by molar-refractivity contribution is -0.0332. The standard InChI is InChI=1S/2C5H12O4.H4O5P2/c2*6-1-5(2-7,3-8)4-9;1-6(2)5-7(3)4/h2*6-9H,1-4H2;1-4H. The smallest absolute Gasteiger partial charge is 0.334 e. The third kappa shape index (κ3) is 15.1. The van der Waals surface area contributed by atoms with Gasteiger partial charge in [0.2, 0.25) is 0 Å². The van der Waals surface area contributed by atoms with Gasteiger partial charge in [-0.15, -0.1) is 0 Å². The summed E-state index contributed by atoms with van der Waals surface area (Å²) >= 11 is 0. The maximum Gasteiger partial charge on any atom is 0.334 e. The molecule has 0 heterocycles. The first-order valence-corrected chi connectivity index (χ1v) is 8.85. The van der Waals surface area contributed by atoms with Crippen molar-refractivity contribution in [2.24, 2.45) is 10.8 Å². The maximum atomic E-state index is 8.50. The van der Waals surface area contributed by atoms with E-state index in [1.165, 1.54) is 0 Å². The lowest BCUT2D eigenvalue weighted by Gasteiger charge is -2.23. The average molecular weight is 418 g/mol. The van der Waals surface area contributed by atoms with Crippen molar-refractivity contribution < 1.29 is 64.7 Å². The lowest BCUT2D eigenvalue weighted by Crippen LogP contribution is -2.37. The highest BCUT2D eigenvalue weighted by Gasteiger charge is 2.27. The average Bonchev–Trinajstić information content (AvgIpc) is 2.60. The van der Waals surface area contributed by atoms with Crippen molar-refractivity contribution in [2.75, 3.05) is 52.9 Å². The van der Waals surface area contributed by atoms with Crippen molar-refractivity contribution in [3.8, 4) is 0 Å². The Morgan fingerprint density at radius 2 is 0.600 bits per heavy atom. The van der Waals surface area contributed by atoms with Crippen molar-refractivity contribution in [2.45, 2.75) is 0 Å². The Balaban J connectivity index is -0.000000293. The van der Waals surface area contributed by atoms with E-state index in [1.54, 1.807) is 0 Å². The SMILES string of the molecule is OCC(CO)(CO)CO.OCC(CO)(CO)CO.OP(O)OP(O)O. The second-order valence-corrected chi connectivity index (χ2v) is 6.52. The molecular formula is C10H28O13P2. The molecule has 0 aliphatic heterocycles. The first-order valence-electron chi connectivity index (χ1n) is 6.52. The second kappa shape index (κ2) is 17.7.